The number of rotatable bonds is 4. The van der Waals surface area contributed by atoms with Crippen LogP contribution in [0.25, 0.3) is 0 Å². The maximum Gasteiger partial charge on any atom is 0.303 e. The zero-order valence-electron chi connectivity index (χ0n) is 11.2. The molecular weight excluding hydrogens is 346 g/mol. The minimum absolute atomic E-state index is 0.159. The summed E-state index contributed by atoms with van der Waals surface area (Å²) in [7, 11) is -3.68. The van der Waals surface area contributed by atoms with Gasteiger partial charge in [-0.1, -0.05) is 6.42 Å². The lowest BCUT2D eigenvalue weighted by molar-refractivity contribution is 0.156. The number of pyridine rings is 1. The van der Waals surface area contributed by atoms with E-state index in [-0.39, 0.29) is 18.5 Å². The zero-order chi connectivity index (χ0) is 14.8. The van der Waals surface area contributed by atoms with Crippen LogP contribution in [0.15, 0.2) is 16.6 Å². The second-order valence-corrected chi connectivity index (χ2v) is 7.29. The van der Waals surface area contributed by atoms with Crippen LogP contribution in [0.2, 0.25) is 0 Å². The monoisotopic (exact) mass is 363 g/mol. The maximum absolute atomic E-state index is 12.4. The molecule has 2 N–H and O–H groups in total. The van der Waals surface area contributed by atoms with Gasteiger partial charge in [-0.15, -0.1) is 0 Å². The van der Waals surface area contributed by atoms with Crippen molar-refractivity contribution in [2.75, 3.05) is 17.9 Å². The number of anilines is 1. The molecule has 1 aliphatic rings. The van der Waals surface area contributed by atoms with Crippen molar-refractivity contribution >= 4 is 32.0 Å². The van der Waals surface area contributed by atoms with E-state index in [4.69, 9.17) is 0 Å². The minimum atomic E-state index is -3.68. The minimum Gasteiger partial charge on any atom is -0.395 e. The Labute approximate surface area is 127 Å². The van der Waals surface area contributed by atoms with Crippen LogP contribution >= 0.6 is 15.9 Å². The van der Waals surface area contributed by atoms with Gasteiger partial charge in [-0.2, -0.15) is 12.7 Å². The van der Waals surface area contributed by atoms with E-state index >= 15 is 0 Å². The predicted molar refractivity (Wildman–Crippen MR) is 80.6 cm³/mol. The highest BCUT2D eigenvalue weighted by Gasteiger charge is 2.32. The molecule has 0 spiro atoms. The van der Waals surface area contributed by atoms with E-state index < -0.39 is 10.2 Å². The molecule has 1 aromatic heterocycles. The van der Waals surface area contributed by atoms with Crippen LogP contribution in [0, 0.1) is 6.92 Å². The predicted octanol–water partition coefficient (Wildman–Crippen LogP) is 1.66. The summed E-state index contributed by atoms with van der Waals surface area (Å²) in [6.45, 7) is 2.06. The van der Waals surface area contributed by atoms with Gasteiger partial charge in [-0.05, 0) is 47.8 Å². The number of piperidine rings is 1. The van der Waals surface area contributed by atoms with Crippen LogP contribution in [0.4, 0.5) is 5.82 Å². The molecule has 0 saturated carbocycles. The first-order valence-corrected chi connectivity index (χ1v) is 8.71. The molecule has 1 saturated heterocycles. The van der Waals surface area contributed by atoms with Crippen molar-refractivity contribution in [2.45, 2.75) is 32.2 Å². The Hall–Kier alpha value is -0.700. The molecule has 1 unspecified atom stereocenters. The molecule has 0 bridgehead atoms. The molecule has 1 atom stereocenters. The molecule has 1 fully saturated rings. The van der Waals surface area contributed by atoms with Gasteiger partial charge < -0.3 is 5.11 Å². The molecule has 8 heteroatoms. The number of nitrogens with zero attached hydrogens (tertiary/aromatic N) is 2. The summed E-state index contributed by atoms with van der Waals surface area (Å²) in [6, 6.07) is 3.00. The number of aliphatic hydroxyl groups is 1. The summed E-state index contributed by atoms with van der Waals surface area (Å²) in [5, 5.41) is 9.32. The van der Waals surface area contributed by atoms with Crippen molar-refractivity contribution in [3.8, 4) is 0 Å². The molecule has 112 valence electrons. The average molecular weight is 364 g/mol. The van der Waals surface area contributed by atoms with Crippen molar-refractivity contribution in [1.29, 1.82) is 0 Å². The van der Waals surface area contributed by atoms with Gasteiger partial charge in [-0.25, -0.2) is 4.98 Å². The van der Waals surface area contributed by atoms with Crippen molar-refractivity contribution in [1.82, 2.24) is 9.29 Å². The van der Waals surface area contributed by atoms with Crippen LogP contribution in [-0.4, -0.2) is 42.0 Å². The molecule has 1 aliphatic heterocycles. The van der Waals surface area contributed by atoms with Crippen LogP contribution in [0.3, 0.4) is 0 Å². The van der Waals surface area contributed by atoms with E-state index in [2.05, 4.69) is 25.6 Å². The Balaban J connectivity index is 2.19. The lowest BCUT2D eigenvalue weighted by atomic mass is 10.1. The topological polar surface area (TPSA) is 82.5 Å². The van der Waals surface area contributed by atoms with Gasteiger partial charge >= 0.3 is 10.2 Å². The molecule has 2 rings (SSSR count). The lowest BCUT2D eigenvalue weighted by Gasteiger charge is -2.33. The van der Waals surface area contributed by atoms with E-state index in [0.717, 1.165) is 17.3 Å². The van der Waals surface area contributed by atoms with Crippen LogP contribution in [-0.2, 0) is 10.2 Å². The number of aryl methyl sites for hydroxylation is 1. The number of aliphatic hydroxyl groups excluding tert-OH is 1. The molecule has 0 amide bonds. The quantitative estimate of drug-likeness (QED) is 0.851. The van der Waals surface area contributed by atoms with Crippen LogP contribution in [0.5, 0.6) is 0 Å². The largest absolute Gasteiger partial charge is 0.395 e. The van der Waals surface area contributed by atoms with Gasteiger partial charge in [0, 0.05) is 17.1 Å². The third-order valence-corrected chi connectivity index (χ3v) is 5.75. The normalized spacial score (nSPS) is 20.9. The smallest absolute Gasteiger partial charge is 0.303 e. The van der Waals surface area contributed by atoms with E-state index in [1.165, 1.54) is 4.31 Å². The van der Waals surface area contributed by atoms with E-state index in [1.807, 2.05) is 0 Å². The third-order valence-electron chi connectivity index (χ3n) is 3.35. The number of hydrogen-bond acceptors (Lipinski definition) is 4. The van der Waals surface area contributed by atoms with Crippen LogP contribution in [0.1, 0.15) is 25.0 Å². The van der Waals surface area contributed by atoms with Gasteiger partial charge in [0.05, 0.1) is 12.3 Å². The summed E-state index contributed by atoms with van der Waals surface area (Å²) < 4.78 is 29.4. The number of aromatic nitrogens is 1. The first-order chi connectivity index (χ1) is 9.44. The summed E-state index contributed by atoms with van der Waals surface area (Å²) in [6.07, 6.45) is 2.43. The lowest BCUT2D eigenvalue weighted by Crippen LogP contribution is -2.48. The maximum atomic E-state index is 12.4. The van der Waals surface area contributed by atoms with Gasteiger partial charge in [0.2, 0.25) is 0 Å². The molecule has 6 nitrogen and oxygen atoms in total. The number of halogens is 1. The van der Waals surface area contributed by atoms with Crippen molar-refractivity contribution in [2.24, 2.45) is 0 Å². The Morgan fingerprint density at radius 3 is 2.90 bits per heavy atom. The molecule has 2 heterocycles. The van der Waals surface area contributed by atoms with Crippen molar-refractivity contribution in [3.05, 3.63) is 22.3 Å². The highest BCUT2D eigenvalue weighted by atomic mass is 79.9. The van der Waals surface area contributed by atoms with Gasteiger partial charge in [0.15, 0.2) is 0 Å². The van der Waals surface area contributed by atoms with Gasteiger partial charge in [0.25, 0.3) is 0 Å². The molecule has 1 aromatic rings. The Kier molecular flexibility index (Phi) is 5.00. The highest BCUT2D eigenvalue weighted by molar-refractivity contribution is 9.10. The number of hydrogen-bond donors (Lipinski definition) is 2. The first-order valence-electron chi connectivity index (χ1n) is 6.47. The van der Waals surface area contributed by atoms with E-state index in [9.17, 15) is 13.5 Å². The highest BCUT2D eigenvalue weighted by Crippen LogP contribution is 2.22. The van der Waals surface area contributed by atoms with Crippen molar-refractivity contribution < 1.29 is 13.5 Å². The van der Waals surface area contributed by atoms with Crippen LogP contribution < -0.4 is 4.72 Å². The Morgan fingerprint density at radius 1 is 1.50 bits per heavy atom. The SMILES string of the molecule is Cc1nc(NS(=O)(=O)N2CCCCC2CO)ccc1Br. The third kappa shape index (κ3) is 3.49. The fourth-order valence-corrected chi connectivity index (χ4v) is 3.91. The molecular formula is C12H18BrN3O3S. The Bertz CT molecular complexity index is 579. The average Bonchev–Trinajstić information content (AvgIpc) is 2.42. The molecule has 0 radical (unpaired) electrons. The molecule has 0 aromatic carbocycles. The summed E-state index contributed by atoms with van der Waals surface area (Å²) >= 11 is 3.32. The van der Waals surface area contributed by atoms with E-state index in [0.29, 0.717) is 18.7 Å². The fraction of sp³-hybridized carbons (Fsp3) is 0.583. The number of nitrogens with one attached hydrogen (secondary N) is 1. The standard InChI is InChI=1S/C12H18BrN3O3S/c1-9-11(13)5-6-12(14-9)15-20(18,19)16-7-3-2-4-10(16)8-17/h5-6,10,17H,2-4,7-8H2,1H3,(H,14,15). The van der Waals surface area contributed by atoms with Gasteiger partial charge in [-0.3, -0.25) is 4.72 Å². The molecule has 20 heavy (non-hydrogen) atoms. The molecule has 0 aliphatic carbocycles. The van der Waals surface area contributed by atoms with Gasteiger partial charge in [0.1, 0.15) is 5.82 Å². The van der Waals surface area contributed by atoms with Crippen molar-refractivity contribution in [3.63, 3.8) is 0 Å². The first kappa shape index (κ1) is 15.7. The summed E-state index contributed by atoms with van der Waals surface area (Å²) in [5.74, 6) is 0.285. The zero-order valence-corrected chi connectivity index (χ0v) is 13.6. The summed E-state index contributed by atoms with van der Waals surface area (Å²) in [4.78, 5) is 4.18. The van der Waals surface area contributed by atoms with E-state index in [1.54, 1.807) is 19.1 Å². The second-order valence-electron chi connectivity index (χ2n) is 4.81. The second kappa shape index (κ2) is 6.38. The Morgan fingerprint density at radius 2 is 2.25 bits per heavy atom. The fourth-order valence-electron chi connectivity index (χ4n) is 2.26. The summed E-state index contributed by atoms with van der Waals surface area (Å²) in [5.41, 5.74) is 0.711.